The van der Waals surface area contributed by atoms with E-state index < -0.39 is 65.0 Å². The standard InChI is InChI=1S/C21H19F3N6O7/c22-21(23,24)16(35)8-4-9(13(32)10(31)5-8)19(36)26-3-1-2-11-14(33)15(34)20(37-11)30-7-29-12-17(25)27-6-28-18(12)30/h1-2,4-7,11,14-15,20,31-34H,3H2,(H,26,36)(H2,25,27,28)/b2-1+/t11-,14+,15?,20-/m1/s1. The van der Waals surface area contributed by atoms with Gasteiger partial charge in [-0.25, -0.2) is 15.0 Å². The van der Waals surface area contributed by atoms with Crippen molar-refractivity contribution in [2.45, 2.75) is 30.7 Å². The van der Waals surface area contributed by atoms with Crippen LogP contribution in [0.1, 0.15) is 26.9 Å². The van der Waals surface area contributed by atoms with Gasteiger partial charge in [0, 0.05) is 12.1 Å². The van der Waals surface area contributed by atoms with Gasteiger partial charge in [0.2, 0.25) is 0 Å². The van der Waals surface area contributed by atoms with E-state index in [9.17, 15) is 43.2 Å². The van der Waals surface area contributed by atoms with Gasteiger partial charge in [0.25, 0.3) is 11.7 Å². The summed E-state index contributed by atoms with van der Waals surface area (Å²) in [6.07, 6.45) is -5.04. The molecule has 1 aliphatic heterocycles. The number of ketones is 1. The highest BCUT2D eigenvalue weighted by Gasteiger charge is 2.43. The quantitative estimate of drug-likeness (QED) is 0.146. The fourth-order valence-electron chi connectivity index (χ4n) is 3.67. The summed E-state index contributed by atoms with van der Waals surface area (Å²) in [5.41, 5.74) is 4.47. The number of Topliss-reactive ketones (excluding diaryl/α,β-unsaturated/α-hetero) is 1. The highest BCUT2D eigenvalue weighted by Crippen LogP contribution is 2.34. The van der Waals surface area contributed by atoms with Crippen LogP contribution in [0.3, 0.4) is 0 Å². The molecule has 1 aliphatic rings. The second-order valence-electron chi connectivity index (χ2n) is 7.91. The normalized spacial score (nSPS) is 22.1. The molecule has 16 heteroatoms. The van der Waals surface area contributed by atoms with Crippen LogP contribution >= 0.6 is 0 Å². The Hall–Kier alpha value is -4.28. The van der Waals surface area contributed by atoms with E-state index in [-0.39, 0.29) is 23.5 Å². The monoisotopic (exact) mass is 524 g/mol. The van der Waals surface area contributed by atoms with Crippen LogP contribution in [0.5, 0.6) is 11.5 Å². The topological polar surface area (TPSA) is 206 Å². The van der Waals surface area contributed by atoms with Gasteiger partial charge >= 0.3 is 6.18 Å². The summed E-state index contributed by atoms with van der Waals surface area (Å²) in [7, 11) is 0. The van der Waals surface area contributed by atoms with Crippen molar-refractivity contribution in [1.82, 2.24) is 24.8 Å². The number of carbonyl (C=O) groups excluding carboxylic acids is 2. The Kier molecular flexibility index (Phi) is 6.72. The molecule has 0 spiro atoms. The van der Waals surface area contributed by atoms with Crippen molar-refractivity contribution in [3.8, 4) is 11.5 Å². The highest BCUT2D eigenvalue weighted by molar-refractivity contribution is 6.05. The number of aliphatic hydroxyl groups is 2. The van der Waals surface area contributed by atoms with Crippen molar-refractivity contribution in [2.75, 3.05) is 12.3 Å². The van der Waals surface area contributed by atoms with E-state index in [1.165, 1.54) is 29.4 Å². The number of aromatic nitrogens is 4. The maximum absolute atomic E-state index is 12.7. The highest BCUT2D eigenvalue weighted by atomic mass is 19.4. The number of imidazole rings is 1. The van der Waals surface area contributed by atoms with Crippen LogP contribution in [-0.2, 0) is 4.74 Å². The molecular formula is C21H19F3N6O7. The van der Waals surface area contributed by atoms with Gasteiger partial charge in [-0.2, -0.15) is 13.2 Å². The van der Waals surface area contributed by atoms with Crippen LogP contribution in [0.4, 0.5) is 19.0 Å². The van der Waals surface area contributed by atoms with Crippen LogP contribution in [-0.4, -0.2) is 82.7 Å². The minimum absolute atomic E-state index is 0.108. The van der Waals surface area contributed by atoms with Gasteiger partial charge in [-0.3, -0.25) is 14.2 Å². The minimum atomic E-state index is -5.26. The number of amides is 1. The van der Waals surface area contributed by atoms with Crippen LogP contribution in [0.25, 0.3) is 11.2 Å². The number of carbonyl (C=O) groups is 2. The fourth-order valence-corrected chi connectivity index (χ4v) is 3.67. The molecule has 4 atom stereocenters. The number of nitrogens with two attached hydrogens (primary N) is 1. The summed E-state index contributed by atoms with van der Waals surface area (Å²) in [6, 6.07) is 0.896. The van der Waals surface area contributed by atoms with Gasteiger partial charge in [0.05, 0.1) is 11.9 Å². The number of nitrogen functional groups attached to an aromatic ring is 1. The van der Waals surface area contributed by atoms with Gasteiger partial charge in [0.15, 0.2) is 29.2 Å². The lowest BCUT2D eigenvalue weighted by Gasteiger charge is -2.16. The van der Waals surface area contributed by atoms with E-state index in [0.717, 1.165) is 0 Å². The van der Waals surface area contributed by atoms with Crippen molar-refractivity contribution in [1.29, 1.82) is 0 Å². The largest absolute Gasteiger partial charge is 0.504 e. The van der Waals surface area contributed by atoms with Gasteiger partial charge in [0.1, 0.15) is 30.2 Å². The lowest BCUT2D eigenvalue weighted by Crippen LogP contribution is -2.31. The van der Waals surface area contributed by atoms with Gasteiger partial charge < -0.3 is 36.2 Å². The summed E-state index contributed by atoms with van der Waals surface area (Å²) in [4.78, 5) is 35.7. The molecule has 37 heavy (non-hydrogen) atoms. The van der Waals surface area contributed by atoms with Crippen LogP contribution in [0.15, 0.2) is 36.9 Å². The third-order valence-corrected chi connectivity index (χ3v) is 5.50. The number of phenolic OH excluding ortho intramolecular Hbond substituents is 2. The zero-order valence-corrected chi connectivity index (χ0v) is 18.5. The van der Waals surface area contributed by atoms with Gasteiger partial charge in [-0.15, -0.1) is 0 Å². The first-order valence-corrected chi connectivity index (χ1v) is 10.5. The molecule has 1 unspecified atom stereocenters. The van der Waals surface area contributed by atoms with Crippen LogP contribution < -0.4 is 11.1 Å². The Balaban J connectivity index is 1.43. The van der Waals surface area contributed by atoms with E-state index in [4.69, 9.17) is 10.5 Å². The zero-order valence-electron chi connectivity index (χ0n) is 18.5. The van der Waals surface area contributed by atoms with Crippen molar-refractivity contribution < 1.29 is 47.9 Å². The number of alkyl halides is 3. The Morgan fingerprint density at radius 2 is 1.89 bits per heavy atom. The number of aliphatic hydroxyl groups excluding tert-OH is 2. The SMILES string of the molecule is Nc1ncnc2c1ncn2[C@@H]1O[C@H](/C=C/CNC(=O)c2cc(C(=O)C(F)(F)F)cc(O)c2O)[C@H](O)C1O. The number of fused-ring (bicyclic) bond motifs is 1. The Bertz CT molecular complexity index is 1390. The molecule has 13 nitrogen and oxygen atoms in total. The summed E-state index contributed by atoms with van der Waals surface area (Å²) in [5.74, 6) is -5.40. The molecule has 1 aromatic carbocycles. The molecule has 3 heterocycles. The molecule has 0 radical (unpaired) electrons. The fraction of sp³-hybridized carbons (Fsp3) is 0.286. The molecule has 196 valence electrons. The first-order valence-electron chi connectivity index (χ1n) is 10.5. The molecule has 1 saturated heterocycles. The number of aromatic hydroxyl groups is 2. The predicted octanol–water partition coefficient (Wildman–Crippen LogP) is 0.170. The molecule has 2 aromatic heterocycles. The van der Waals surface area contributed by atoms with E-state index in [0.29, 0.717) is 12.1 Å². The average Bonchev–Trinajstić information content (AvgIpc) is 3.39. The van der Waals surface area contributed by atoms with Gasteiger partial charge in [-0.1, -0.05) is 12.2 Å². The predicted molar refractivity (Wildman–Crippen MR) is 117 cm³/mol. The molecular weight excluding hydrogens is 505 g/mol. The first kappa shape index (κ1) is 25.8. The maximum Gasteiger partial charge on any atom is 0.454 e. The molecule has 3 aromatic rings. The van der Waals surface area contributed by atoms with E-state index in [1.807, 2.05) is 0 Å². The molecule has 1 amide bonds. The minimum Gasteiger partial charge on any atom is -0.504 e. The van der Waals surface area contributed by atoms with E-state index in [1.54, 1.807) is 0 Å². The Morgan fingerprint density at radius 1 is 1.16 bits per heavy atom. The first-order chi connectivity index (χ1) is 17.4. The Morgan fingerprint density at radius 3 is 2.59 bits per heavy atom. The number of halogens is 3. The number of nitrogens with zero attached hydrogens (tertiary/aromatic N) is 4. The second-order valence-corrected chi connectivity index (χ2v) is 7.91. The summed E-state index contributed by atoms with van der Waals surface area (Å²) in [5, 5.41) is 42.6. The van der Waals surface area contributed by atoms with Crippen molar-refractivity contribution in [3.05, 3.63) is 48.1 Å². The maximum atomic E-state index is 12.7. The number of ether oxygens (including phenoxy) is 1. The van der Waals surface area contributed by atoms with Gasteiger partial charge in [-0.05, 0) is 12.1 Å². The third-order valence-electron chi connectivity index (χ3n) is 5.50. The van der Waals surface area contributed by atoms with Crippen molar-refractivity contribution >= 4 is 28.7 Å². The molecule has 0 saturated carbocycles. The third kappa shape index (κ3) is 4.89. The number of rotatable bonds is 6. The average molecular weight is 524 g/mol. The summed E-state index contributed by atoms with van der Waals surface area (Å²) < 4.78 is 45.1. The molecule has 4 rings (SSSR count). The zero-order chi connectivity index (χ0) is 27.1. The molecule has 0 bridgehead atoms. The lowest BCUT2D eigenvalue weighted by atomic mass is 10.0. The number of hydrogen-bond acceptors (Lipinski definition) is 11. The Labute approximate surface area is 204 Å². The molecule has 7 N–H and O–H groups in total. The smallest absolute Gasteiger partial charge is 0.454 e. The number of phenols is 2. The van der Waals surface area contributed by atoms with Crippen molar-refractivity contribution in [2.24, 2.45) is 0 Å². The molecule has 1 fully saturated rings. The van der Waals surface area contributed by atoms with Crippen molar-refractivity contribution in [3.63, 3.8) is 0 Å². The summed E-state index contributed by atoms with van der Waals surface area (Å²) in [6.45, 7) is -0.262. The number of benzene rings is 1. The van der Waals surface area contributed by atoms with E-state index >= 15 is 0 Å². The number of hydrogen-bond donors (Lipinski definition) is 6. The molecule has 0 aliphatic carbocycles. The van der Waals surface area contributed by atoms with Crippen LogP contribution in [0, 0.1) is 0 Å². The number of anilines is 1. The van der Waals surface area contributed by atoms with E-state index in [2.05, 4.69) is 20.3 Å². The summed E-state index contributed by atoms with van der Waals surface area (Å²) >= 11 is 0. The lowest BCUT2D eigenvalue weighted by molar-refractivity contribution is -0.0885. The number of nitrogens with one attached hydrogen (secondary N) is 1. The van der Waals surface area contributed by atoms with Crippen LogP contribution in [0.2, 0.25) is 0 Å². The second kappa shape index (κ2) is 9.64.